The van der Waals surface area contributed by atoms with E-state index in [0.29, 0.717) is 30.7 Å². The number of methoxy groups -OCH3 is 1. The normalized spacial score (nSPS) is 16.0. The average molecular weight is 490 g/mol. The molecule has 25 heavy (non-hydrogen) atoms. The third-order valence-corrected chi connectivity index (χ3v) is 7.56. The highest BCUT2D eigenvalue weighted by molar-refractivity contribution is 9.11. The fourth-order valence-corrected chi connectivity index (χ4v) is 5.76. The van der Waals surface area contributed by atoms with Crippen LogP contribution < -0.4 is 9.64 Å². The van der Waals surface area contributed by atoms with Crippen molar-refractivity contribution < 1.29 is 13.2 Å². The van der Waals surface area contributed by atoms with Crippen molar-refractivity contribution in [1.82, 2.24) is 4.31 Å². The lowest BCUT2D eigenvalue weighted by molar-refractivity contribution is 0.378. The van der Waals surface area contributed by atoms with E-state index in [0.717, 1.165) is 15.9 Å². The predicted octanol–water partition coefficient (Wildman–Crippen LogP) is 3.73. The van der Waals surface area contributed by atoms with Gasteiger partial charge in [0.25, 0.3) is 0 Å². The van der Waals surface area contributed by atoms with Gasteiger partial charge in [-0.1, -0.05) is 28.1 Å². The van der Waals surface area contributed by atoms with E-state index in [2.05, 4.69) is 36.8 Å². The summed E-state index contributed by atoms with van der Waals surface area (Å²) in [5.41, 5.74) is 0.991. The summed E-state index contributed by atoms with van der Waals surface area (Å²) in [5.74, 6) is 0.800. The van der Waals surface area contributed by atoms with Crippen LogP contribution in [0.25, 0.3) is 0 Å². The molecule has 0 amide bonds. The molecule has 8 heteroatoms. The van der Waals surface area contributed by atoms with E-state index in [9.17, 15) is 8.42 Å². The van der Waals surface area contributed by atoms with Crippen molar-refractivity contribution >= 4 is 47.6 Å². The molecule has 0 unspecified atom stereocenters. The van der Waals surface area contributed by atoms with Crippen molar-refractivity contribution in [2.24, 2.45) is 0 Å². The Bertz CT molecular complexity index is 866. The first-order chi connectivity index (χ1) is 11.9. The van der Waals surface area contributed by atoms with Crippen molar-refractivity contribution in [2.45, 2.75) is 4.90 Å². The summed E-state index contributed by atoms with van der Waals surface area (Å²) >= 11 is 6.69. The Hall–Kier alpha value is -1.09. The maximum absolute atomic E-state index is 13.0. The Morgan fingerprint density at radius 2 is 1.68 bits per heavy atom. The largest absolute Gasteiger partial charge is 0.495 e. The van der Waals surface area contributed by atoms with Crippen molar-refractivity contribution in [2.75, 3.05) is 38.2 Å². The second-order valence-corrected chi connectivity index (χ2v) is 9.31. The van der Waals surface area contributed by atoms with Crippen LogP contribution in [0, 0.1) is 0 Å². The van der Waals surface area contributed by atoms with Crippen LogP contribution in [-0.4, -0.2) is 46.0 Å². The van der Waals surface area contributed by atoms with Crippen molar-refractivity contribution in [3.05, 3.63) is 51.4 Å². The van der Waals surface area contributed by atoms with Gasteiger partial charge < -0.3 is 9.64 Å². The molecular weight excluding hydrogens is 472 g/mol. The number of anilines is 1. The lowest BCUT2D eigenvalue weighted by Crippen LogP contribution is -2.48. The van der Waals surface area contributed by atoms with E-state index in [4.69, 9.17) is 4.74 Å². The molecule has 1 fully saturated rings. The van der Waals surface area contributed by atoms with Gasteiger partial charge in [-0.3, -0.25) is 0 Å². The van der Waals surface area contributed by atoms with E-state index in [1.165, 1.54) is 4.31 Å². The Morgan fingerprint density at radius 1 is 1.00 bits per heavy atom. The Labute approximate surface area is 164 Å². The van der Waals surface area contributed by atoms with Gasteiger partial charge in [0, 0.05) is 35.1 Å². The molecule has 0 saturated carbocycles. The number of nitrogens with zero attached hydrogens (tertiary/aromatic N) is 2. The first kappa shape index (κ1) is 18.7. The molecule has 0 radical (unpaired) electrons. The van der Waals surface area contributed by atoms with Crippen LogP contribution in [-0.2, 0) is 10.0 Å². The highest BCUT2D eigenvalue weighted by Crippen LogP contribution is 2.31. The molecular formula is C17H18Br2N2O3S. The highest BCUT2D eigenvalue weighted by atomic mass is 79.9. The van der Waals surface area contributed by atoms with Crippen LogP contribution in [0.4, 0.5) is 5.69 Å². The SMILES string of the molecule is COc1ccccc1N1CCN(S(=O)(=O)c2cc(Br)ccc2Br)CC1. The molecule has 134 valence electrons. The van der Waals surface area contributed by atoms with E-state index < -0.39 is 10.0 Å². The van der Waals surface area contributed by atoms with E-state index in [1.807, 2.05) is 30.3 Å². The van der Waals surface area contributed by atoms with Crippen LogP contribution >= 0.6 is 31.9 Å². The quantitative estimate of drug-likeness (QED) is 0.656. The maximum atomic E-state index is 13.0. The van der Waals surface area contributed by atoms with E-state index >= 15 is 0 Å². The van der Waals surface area contributed by atoms with Crippen molar-refractivity contribution in [3.63, 3.8) is 0 Å². The van der Waals surface area contributed by atoms with Gasteiger partial charge in [-0.25, -0.2) is 8.42 Å². The van der Waals surface area contributed by atoms with E-state index in [-0.39, 0.29) is 4.90 Å². The monoisotopic (exact) mass is 488 g/mol. The second kappa shape index (κ2) is 7.65. The number of halogens is 2. The van der Waals surface area contributed by atoms with Crippen LogP contribution in [0.15, 0.2) is 56.3 Å². The lowest BCUT2D eigenvalue weighted by Gasteiger charge is -2.36. The summed E-state index contributed by atoms with van der Waals surface area (Å²) in [6, 6.07) is 13.0. The van der Waals surface area contributed by atoms with Gasteiger partial charge >= 0.3 is 0 Å². The molecule has 0 bridgehead atoms. The number of para-hydroxylation sites is 2. The molecule has 0 aromatic heterocycles. The summed E-state index contributed by atoms with van der Waals surface area (Å²) in [4.78, 5) is 2.44. The lowest BCUT2D eigenvalue weighted by atomic mass is 10.2. The fourth-order valence-electron chi connectivity index (χ4n) is 2.87. The molecule has 0 atom stereocenters. The Kier molecular flexibility index (Phi) is 5.72. The zero-order chi connectivity index (χ0) is 18.0. The van der Waals surface area contributed by atoms with Gasteiger partial charge in [-0.15, -0.1) is 0 Å². The van der Waals surface area contributed by atoms with Crippen LogP contribution in [0.3, 0.4) is 0 Å². The fraction of sp³-hybridized carbons (Fsp3) is 0.294. The second-order valence-electron chi connectivity index (χ2n) is 5.64. The number of sulfonamides is 1. The molecule has 5 nitrogen and oxygen atoms in total. The molecule has 0 aliphatic carbocycles. The van der Waals surface area contributed by atoms with E-state index in [1.54, 1.807) is 19.2 Å². The third kappa shape index (κ3) is 3.86. The van der Waals surface area contributed by atoms with Gasteiger partial charge in [0.2, 0.25) is 10.0 Å². The minimum atomic E-state index is -3.54. The summed E-state index contributed by atoms with van der Waals surface area (Å²) in [6.07, 6.45) is 0. The Balaban J connectivity index is 1.79. The summed E-state index contributed by atoms with van der Waals surface area (Å²) < 4.78 is 34.2. The number of hydrogen-bond acceptors (Lipinski definition) is 4. The standard InChI is InChI=1S/C17H18Br2N2O3S/c1-24-16-5-3-2-4-15(16)20-8-10-21(11-9-20)25(22,23)17-12-13(18)6-7-14(17)19/h2-7,12H,8-11H2,1H3. The summed E-state index contributed by atoms with van der Waals surface area (Å²) in [5, 5.41) is 0. The van der Waals surface area contributed by atoms with Gasteiger partial charge in [-0.2, -0.15) is 4.31 Å². The Morgan fingerprint density at radius 3 is 2.36 bits per heavy atom. The summed E-state index contributed by atoms with van der Waals surface area (Å²) in [6.45, 7) is 2.09. The molecule has 1 aliphatic heterocycles. The van der Waals surface area contributed by atoms with Gasteiger partial charge in [0.15, 0.2) is 0 Å². The minimum absolute atomic E-state index is 0.285. The molecule has 1 saturated heterocycles. The molecule has 2 aromatic rings. The summed E-state index contributed by atoms with van der Waals surface area (Å²) in [7, 11) is -1.89. The molecule has 0 N–H and O–H groups in total. The van der Waals surface area contributed by atoms with Gasteiger partial charge in [0.05, 0.1) is 17.7 Å². The number of benzene rings is 2. The predicted molar refractivity (Wildman–Crippen MR) is 106 cm³/mol. The molecule has 1 heterocycles. The van der Waals surface area contributed by atoms with Crippen molar-refractivity contribution in [3.8, 4) is 5.75 Å². The third-order valence-electron chi connectivity index (χ3n) is 4.18. The molecule has 2 aromatic carbocycles. The molecule has 3 rings (SSSR count). The smallest absolute Gasteiger partial charge is 0.244 e. The first-order valence-corrected chi connectivity index (χ1v) is 10.8. The maximum Gasteiger partial charge on any atom is 0.244 e. The number of hydrogen-bond donors (Lipinski definition) is 0. The molecule has 0 spiro atoms. The zero-order valence-corrected chi connectivity index (χ0v) is 17.6. The topological polar surface area (TPSA) is 49.9 Å². The zero-order valence-electron chi connectivity index (χ0n) is 13.7. The van der Waals surface area contributed by atoms with Gasteiger partial charge in [-0.05, 0) is 46.3 Å². The van der Waals surface area contributed by atoms with Crippen molar-refractivity contribution in [1.29, 1.82) is 0 Å². The highest BCUT2D eigenvalue weighted by Gasteiger charge is 2.30. The number of ether oxygens (including phenoxy) is 1. The van der Waals surface area contributed by atoms with Crippen LogP contribution in [0.5, 0.6) is 5.75 Å². The number of rotatable bonds is 4. The van der Waals surface area contributed by atoms with Crippen LogP contribution in [0.2, 0.25) is 0 Å². The molecule has 1 aliphatic rings. The minimum Gasteiger partial charge on any atom is -0.495 e. The van der Waals surface area contributed by atoms with Gasteiger partial charge in [0.1, 0.15) is 5.75 Å². The first-order valence-electron chi connectivity index (χ1n) is 7.76. The van der Waals surface area contributed by atoms with Crippen LogP contribution in [0.1, 0.15) is 0 Å². The average Bonchev–Trinajstić information content (AvgIpc) is 2.63. The number of piperazine rings is 1.